The minimum absolute atomic E-state index is 0.0564. The van der Waals surface area contributed by atoms with Gasteiger partial charge in [0.1, 0.15) is 6.04 Å². The van der Waals surface area contributed by atoms with E-state index >= 15 is 0 Å². The molecule has 0 aliphatic rings. The summed E-state index contributed by atoms with van der Waals surface area (Å²) in [5, 5.41) is 17.1. The highest BCUT2D eigenvalue weighted by Gasteiger charge is 2.18. The first-order chi connectivity index (χ1) is 8.36. The van der Waals surface area contributed by atoms with Crippen molar-refractivity contribution in [2.24, 2.45) is 5.73 Å². The number of nitrogens with zero attached hydrogens (tertiary/aromatic N) is 1. The molecule has 1 aromatic carbocycles. The predicted octanol–water partition coefficient (Wildman–Crippen LogP) is -0.752. The number of benzene rings is 1. The van der Waals surface area contributed by atoms with Crippen LogP contribution in [0, 0.1) is 11.3 Å². The van der Waals surface area contributed by atoms with E-state index in [1.54, 1.807) is 0 Å². The lowest BCUT2D eigenvalue weighted by Gasteiger charge is -2.09. The van der Waals surface area contributed by atoms with Crippen molar-refractivity contribution in [1.29, 1.82) is 5.26 Å². The Morgan fingerprint density at radius 1 is 1.44 bits per heavy atom. The van der Waals surface area contributed by atoms with Crippen LogP contribution in [0.2, 0.25) is 0 Å². The van der Waals surface area contributed by atoms with Crippen LogP contribution in [-0.4, -0.2) is 32.1 Å². The fraction of sp³-hybridized carbons (Fsp3) is 0.200. The first kappa shape index (κ1) is 14.1. The molecule has 4 N–H and O–H groups in total. The van der Waals surface area contributed by atoms with Gasteiger partial charge < -0.3 is 10.8 Å². The Bertz CT molecular complexity index is 574. The minimum atomic E-state index is -3.82. The SMILES string of the molecule is N#Cc1ccc(S(=O)(=O)NCC(N)C(=O)O)cc1. The Kier molecular flexibility index (Phi) is 4.38. The maximum Gasteiger partial charge on any atom is 0.321 e. The van der Waals surface area contributed by atoms with Crippen LogP contribution < -0.4 is 10.5 Å². The van der Waals surface area contributed by atoms with Crippen LogP contribution in [0.15, 0.2) is 29.2 Å². The smallest absolute Gasteiger partial charge is 0.321 e. The molecule has 96 valence electrons. The third-order valence-corrected chi connectivity index (χ3v) is 3.54. The lowest BCUT2D eigenvalue weighted by Crippen LogP contribution is -2.42. The van der Waals surface area contributed by atoms with Crippen LogP contribution in [0.25, 0.3) is 0 Å². The molecule has 0 radical (unpaired) electrons. The van der Waals surface area contributed by atoms with E-state index in [9.17, 15) is 13.2 Å². The fourth-order valence-electron chi connectivity index (χ4n) is 1.08. The first-order valence-corrected chi connectivity index (χ1v) is 6.33. The number of hydrogen-bond acceptors (Lipinski definition) is 5. The maximum absolute atomic E-state index is 11.7. The molecule has 0 spiro atoms. The Hall–Kier alpha value is -1.95. The molecule has 0 saturated carbocycles. The summed E-state index contributed by atoms with van der Waals surface area (Å²) in [4.78, 5) is 10.4. The Morgan fingerprint density at radius 3 is 2.44 bits per heavy atom. The summed E-state index contributed by atoms with van der Waals surface area (Å²) in [6, 6.07) is 5.77. The van der Waals surface area contributed by atoms with E-state index < -0.39 is 28.6 Å². The molecule has 18 heavy (non-hydrogen) atoms. The number of nitrogens with two attached hydrogens (primary N) is 1. The van der Waals surface area contributed by atoms with Gasteiger partial charge >= 0.3 is 5.97 Å². The number of sulfonamides is 1. The zero-order chi connectivity index (χ0) is 13.8. The number of carbonyl (C=O) groups is 1. The summed E-state index contributed by atoms with van der Waals surface area (Å²) in [5.74, 6) is -1.29. The first-order valence-electron chi connectivity index (χ1n) is 4.85. The molecule has 0 heterocycles. The second kappa shape index (κ2) is 5.59. The lowest BCUT2D eigenvalue weighted by molar-refractivity contribution is -0.138. The van der Waals surface area contributed by atoms with Crippen LogP contribution in [0.3, 0.4) is 0 Å². The Morgan fingerprint density at radius 2 is 2.00 bits per heavy atom. The molecular formula is C10H11N3O4S. The van der Waals surface area contributed by atoms with Crippen LogP contribution in [-0.2, 0) is 14.8 Å². The second-order valence-electron chi connectivity index (χ2n) is 3.43. The number of nitrogens with one attached hydrogen (secondary N) is 1. The maximum atomic E-state index is 11.7. The minimum Gasteiger partial charge on any atom is -0.480 e. The number of carboxylic acid groups (broad SMARTS) is 1. The molecule has 0 fully saturated rings. The highest BCUT2D eigenvalue weighted by atomic mass is 32.2. The zero-order valence-electron chi connectivity index (χ0n) is 9.20. The fourth-order valence-corrected chi connectivity index (χ4v) is 2.14. The van der Waals surface area contributed by atoms with Crippen molar-refractivity contribution < 1.29 is 18.3 Å². The van der Waals surface area contributed by atoms with Crippen molar-refractivity contribution in [1.82, 2.24) is 4.72 Å². The zero-order valence-corrected chi connectivity index (χ0v) is 10.0. The summed E-state index contributed by atoms with van der Waals surface area (Å²) in [7, 11) is -3.82. The van der Waals surface area contributed by atoms with E-state index in [1.165, 1.54) is 24.3 Å². The number of hydrogen-bond donors (Lipinski definition) is 3. The molecule has 7 nitrogen and oxygen atoms in total. The van der Waals surface area contributed by atoms with E-state index in [-0.39, 0.29) is 4.90 Å². The molecule has 0 bridgehead atoms. The van der Waals surface area contributed by atoms with Crippen molar-refractivity contribution >= 4 is 16.0 Å². The van der Waals surface area contributed by atoms with E-state index in [4.69, 9.17) is 16.1 Å². The highest BCUT2D eigenvalue weighted by Crippen LogP contribution is 2.09. The topological polar surface area (TPSA) is 133 Å². The van der Waals surface area contributed by atoms with Crippen molar-refractivity contribution in [2.75, 3.05) is 6.54 Å². The van der Waals surface area contributed by atoms with E-state index in [2.05, 4.69) is 4.72 Å². The van der Waals surface area contributed by atoms with Crippen LogP contribution >= 0.6 is 0 Å². The number of rotatable bonds is 5. The second-order valence-corrected chi connectivity index (χ2v) is 5.20. The average molecular weight is 269 g/mol. The standard InChI is InChI=1S/C10H11N3O4S/c11-5-7-1-3-8(4-2-7)18(16,17)13-6-9(12)10(14)15/h1-4,9,13H,6,12H2,(H,14,15). The molecule has 1 atom stereocenters. The Labute approximate surface area is 104 Å². The van der Waals surface area contributed by atoms with Gasteiger partial charge in [-0.2, -0.15) is 5.26 Å². The normalized spacial score (nSPS) is 12.7. The van der Waals surface area contributed by atoms with Gasteiger partial charge in [-0.15, -0.1) is 0 Å². The predicted molar refractivity (Wildman–Crippen MR) is 62.0 cm³/mol. The molecule has 1 aromatic rings. The lowest BCUT2D eigenvalue weighted by atomic mass is 10.2. The number of carboxylic acids is 1. The van der Waals surface area contributed by atoms with E-state index in [0.717, 1.165) is 0 Å². The van der Waals surface area contributed by atoms with Gasteiger partial charge in [0.25, 0.3) is 0 Å². The van der Waals surface area contributed by atoms with Crippen LogP contribution in [0.1, 0.15) is 5.56 Å². The quantitative estimate of drug-likeness (QED) is 0.644. The van der Waals surface area contributed by atoms with Crippen molar-refractivity contribution in [3.05, 3.63) is 29.8 Å². The third kappa shape index (κ3) is 3.53. The monoisotopic (exact) mass is 269 g/mol. The number of nitriles is 1. The third-order valence-electron chi connectivity index (χ3n) is 2.10. The summed E-state index contributed by atoms with van der Waals surface area (Å²) >= 11 is 0. The van der Waals surface area contributed by atoms with Crippen LogP contribution in [0.4, 0.5) is 0 Å². The number of aliphatic carboxylic acids is 1. The summed E-state index contributed by atoms with van der Waals surface area (Å²) < 4.78 is 25.5. The van der Waals surface area contributed by atoms with Gasteiger partial charge in [0.15, 0.2) is 0 Å². The largest absolute Gasteiger partial charge is 0.480 e. The van der Waals surface area contributed by atoms with Gasteiger partial charge in [-0.1, -0.05) is 0 Å². The van der Waals surface area contributed by atoms with Gasteiger partial charge in [-0.3, -0.25) is 4.79 Å². The molecule has 1 unspecified atom stereocenters. The van der Waals surface area contributed by atoms with Crippen molar-refractivity contribution in [2.45, 2.75) is 10.9 Å². The van der Waals surface area contributed by atoms with Gasteiger partial charge in [0, 0.05) is 6.54 Å². The summed E-state index contributed by atoms with van der Waals surface area (Å²) in [6.45, 7) is -0.405. The van der Waals surface area contributed by atoms with E-state index in [0.29, 0.717) is 5.56 Å². The molecule has 8 heteroatoms. The van der Waals surface area contributed by atoms with Crippen molar-refractivity contribution in [3.8, 4) is 6.07 Å². The van der Waals surface area contributed by atoms with Gasteiger partial charge in [0.05, 0.1) is 16.5 Å². The van der Waals surface area contributed by atoms with Crippen LogP contribution in [0.5, 0.6) is 0 Å². The molecule has 1 rings (SSSR count). The van der Waals surface area contributed by atoms with Crippen molar-refractivity contribution in [3.63, 3.8) is 0 Å². The molecule has 0 aromatic heterocycles. The molecule has 0 amide bonds. The van der Waals surface area contributed by atoms with Gasteiger partial charge in [-0.05, 0) is 24.3 Å². The highest BCUT2D eigenvalue weighted by molar-refractivity contribution is 7.89. The van der Waals surface area contributed by atoms with Gasteiger partial charge in [-0.25, -0.2) is 13.1 Å². The molecular weight excluding hydrogens is 258 g/mol. The molecule has 0 aliphatic carbocycles. The summed E-state index contributed by atoms with van der Waals surface area (Å²) in [6.07, 6.45) is 0. The summed E-state index contributed by atoms with van der Waals surface area (Å²) in [5.41, 5.74) is 5.51. The molecule has 0 aliphatic heterocycles. The van der Waals surface area contributed by atoms with E-state index in [1.807, 2.05) is 6.07 Å². The Balaban J connectivity index is 2.80. The average Bonchev–Trinajstić information content (AvgIpc) is 2.36. The van der Waals surface area contributed by atoms with Gasteiger partial charge in [0.2, 0.25) is 10.0 Å². The molecule has 0 saturated heterocycles.